The summed E-state index contributed by atoms with van der Waals surface area (Å²) in [6.45, 7) is 9.23. The van der Waals surface area contributed by atoms with Crippen molar-refractivity contribution in [1.82, 2.24) is 25.1 Å². The van der Waals surface area contributed by atoms with Gasteiger partial charge >= 0.3 is 12.4 Å². The van der Waals surface area contributed by atoms with Gasteiger partial charge in [0.05, 0.1) is 29.8 Å². The summed E-state index contributed by atoms with van der Waals surface area (Å²) in [6.07, 6.45) is -8.68. The molecule has 0 bridgehead atoms. The van der Waals surface area contributed by atoms with Crippen LogP contribution in [0, 0.1) is 0 Å². The Hall–Kier alpha value is -3.27. The molecule has 0 aliphatic heterocycles. The van der Waals surface area contributed by atoms with E-state index in [9.17, 15) is 31.1 Å². The van der Waals surface area contributed by atoms with Gasteiger partial charge in [-0.3, -0.25) is 4.79 Å². The number of ketones is 1. The number of rotatable bonds is 8. The SMILES string of the molecule is CC(C)(C)[Si](C)(C)OCc1onc(-c2cccnc2Cl)c1C(=O)c1nnn(Cc2cc(C(F)(F)F)cc(C(F)(F)F)c2)c1Cl. The van der Waals surface area contributed by atoms with Crippen molar-refractivity contribution in [3.8, 4) is 11.3 Å². The van der Waals surface area contributed by atoms with Crippen LogP contribution in [0.4, 0.5) is 26.3 Å². The number of carbonyl (C=O) groups is 1. The Morgan fingerprint density at radius 1 is 1.02 bits per heavy atom. The lowest BCUT2D eigenvalue weighted by molar-refractivity contribution is -0.143. The molecule has 0 amide bonds. The number of pyridine rings is 1. The zero-order valence-corrected chi connectivity index (χ0v) is 26.4. The molecule has 0 N–H and O–H groups in total. The molecular weight excluding hydrogens is 655 g/mol. The van der Waals surface area contributed by atoms with Crippen molar-refractivity contribution in [2.45, 2.75) is 64.4 Å². The van der Waals surface area contributed by atoms with E-state index in [-0.39, 0.29) is 45.4 Å². The van der Waals surface area contributed by atoms with Gasteiger partial charge in [0.15, 0.2) is 24.9 Å². The maximum absolute atomic E-state index is 13.9. The minimum Gasteiger partial charge on any atom is -0.409 e. The summed E-state index contributed by atoms with van der Waals surface area (Å²) in [4.78, 5) is 17.9. The molecule has 0 atom stereocenters. The summed E-state index contributed by atoms with van der Waals surface area (Å²) in [5.41, 5.74) is -3.77. The molecule has 8 nitrogen and oxygen atoms in total. The van der Waals surface area contributed by atoms with Crippen LogP contribution in [0.15, 0.2) is 41.1 Å². The first kappa shape index (κ1) is 33.6. The lowest BCUT2D eigenvalue weighted by Crippen LogP contribution is -2.40. The van der Waals surface area contributed by atoms with Gasteiger partial charge in [-0.05, 0) is 54.0 Å². The molecule has 0 aliphatic carbocycles. The van der Waals surface area contributed by atoms with Crippen LogP contribution in [-0.4, -0.2) is 39.2 Å². The van der Waals surface area contributed by atoms with Crippen molar-refractivity contribution in [3.63, 3.8) is 0 Å². The van der Waals surface area contributed by atoms with Crippen LogP contribution in [0.2, 0.25) is 28.4 Å². The minimum absolute atomic E-state index is 0.000227. The van der Waals surface area contributed by atoms with Crippen LogP contribution in [0.25, 0.3) is 11.3 Å². The number of halogens is 8. The minimum atomic E-state index is -5.05. The van der Waals surface area contributed by atoms with Gasteiger partial charge in [0.25, 0.3) is 0 Å². The first-order valence-corrected chi connectivity index (χ1v) is 16.5. The highest BCUT2D eigenvalue weighted by Crippen LogP contribution is 2.39. The van der Waals surface area contributed by atoms with Crippen molar-refractivity contribution in [3.05, 3.63) is 80.5 Å². The topological polar surface area (TPSA) is 95.9 Å². The summed E-state index contributed by atoms with van der Waals surface area (Å²) in [7, 11) is -2.35. The third kappa shape index (κ3) is 7.00. The summed E-state index contributed by atoms with van der Waals surface area (Å²) in [5.74, 6) is -0.820. The molecule has 0 aliphatic rings. The van der Waals surface area contributed by atoms with Gasteiger partial charge in [0, 0.05) is 11.8 Å². The fraction of sp³-hybridized carbons (Fsp3) is 0.370. The van der Waals surface area contributed by atoms with Crippen LogP contribution in [-0.2, 0) is 29.9 Å². The van der Waals surface area contributed by atoms with Crippen LogP contribution in [0.1, 0.15) is 59.3 Å². The lowest BCUT2D eigenvalue weighted by atomic mass is 10.0. The van der Waals surface area contributed by atoms with E-state index in [0.29, 0.717) is 12.1 Å². The molecule has 1 aromatic carbocycles. The van der Waals surface area contributed by atoms with Crippen LogP contribution < -0.4 is 0 Å². The fourth-order valence-corrected chi connectivity index (χ4v) is 5.16. The van der Waals surface area contributed by atoms with Gasteiger partial charge in [0.2, 0.25) is 5.78 Å². The van der Waals surface area contributed by atoms with Crippen LogP contribution in [0.3, 0.4) is 0 Å². The van der Waals surface area contributed by atoms with Crippen molar-refractivity contribution in [2.24, 2.45) is 0 Å². The molecule has 236 valence electrons. The van der Waals surface area contributed by atoms with Crippen molar-refractivity contribution >= 4 is 37.3 Å². The summed E-state index contributed by atoms with van der Waals surface area (Å²) < 4.78 is 92.7. The Balaban J connectivity index is 1.76. The van der Waals surface area contributed by atoms with Gasteiger partial charge in [-0.25, -0.2) is 9.67 Å². The summed E-state index contributed by atoms with van der Waals surface area (Å²) in [5, 5.41) is 10.9. The zero-order valence-electron chi connectivity index (χ0n) is 23.9. The van der Waals surface area contributed by atoms with E-state index >= 15 is 0 Å². The summed E-state index contributed by atoms with van der Waals surface area (Å²) in [6, 6.07) is 4.18. The standard InChI is InChI=1S/C27H25Cl2F6N5O3Si/c1-25(2,3)44(4,5)42-13-18-19(20(38-43-18)17-7-6-8-36-23(17)28)22(41)21-24(29)40(39-37-21)12-14-9-15(26(30,31)32)11-16(10-14)27(33,34)35/h6-11H,12-13H2,1-5H3. The predicted molar refractivity (Wildman–Crippen MR) is 151 cm³/mol. The maximum Gasteiger partial charge on any atom is 0.416 e. The Bertz CT molecular complexity index is 1660. The van der Waals surface area contributed by atoms with Crippen molar-refractivity contribution in [1.29, 1.82) is 0 Å². The molecule has 0 unspecified atom stereocenters. The van der Waals surface area contributed by atoms with Gasteiger partial charge in [-0.1, -0.05) is 54.3 Å². The van der Waals surface area contributed by atoms with Crippen molar-refractivity contribution in [2.75, 3.05) is 0 Å². The molecular formula is C27H25Cl2F6N5O3Si. The second-order valence-corrected chi connectivity index (χ2v) is 16.9. The van der Waals surface area contributed by atoms with E-state index < -0.39 is 60.5 Å². The smallest absolute Gasteiger partial charge is 0.409 e. The lowest BCUT2D eigenvalue weighted by Gasteiger charge is -2.35. The number of aromatic nitrogens is 5. The third-order valence-corrected chi connectivity index (χ3v) is 12.4. The molecule has 0 saturated heterocycles. The Morgan fingerprint density at radius 2 is 1.64 bits per heavy atom. The highest BCUT2D eigenvalue weighted by molar-refractivity contribution is 6.74. The van der Waals surface area contributed by atoms with Crippen molar-refractivity contribution < 1.29 is 40.1 Å². The second-order valence-electron chi connectivity index (χ2n) is 11.3. The molecule has 3 aromatic heterocycles. The first-order valence-electron chi connectivity index (χ1n) is 12.9. The van der Waals surface area contributed by atoms with E-state index in [0.717, 1.165) is 4.68 Å². The van der Waals surface area contributed by atoms with E-state index in [4.69, 9.17) is 32.2 Å². The van der Waals surface area contributed by atoms with E-state index in [1.807, 2.05) is 33.9 Å². The Morgan fingerprint density at radius 3 is 2.18 bits per heavy atom. The van der Waals surface area contributed by atoms with Gasteiger partial charge < -0.3 is 8.95 Å². The van der Waals surface area contributed by atoms with Gasteiger partial charge in [-0.2, -0.15) is 26.3 Å². The maximum atomic E-state index is 13.9. The number of nitrogens with zero attached hydrogens (tertiary/aromatic N) is 5. The Kier molecular flexibility index (Phi) is 9.10. The third-order valence-electron chi connectivity index (χ3n) is 7.24. The Labute approximate surface area is 258 Å². The van der Waals surface area contributed by atoms with E-state index in [2.05, 4.69) is 20.5 Å². The van der Waals surface area contributed by atoms with Gasteiger partial charge in [-0.15, -0.1) is 5.10 Å². The monoisotopic (exact) mass is 679 g/mol. The molecule has 4 aromatic rings. The van der Waals surface area contributed by atoms with Gasteiger partial charge in [0.1, 0.15) is 10.8 Å². The van der Waals surface area contributed by atoms with Crippen LogP contribution in [0.5, 0.6) is 0 Å². The molecule has 4 rings (SSSR count). The first-order chi connectivity index (χ1) is 20.2. The van der Waals surface area contributed by atoms with Crippen LogP contribution >= 0.6 is 23.2 Å². The van der Waals surface area contributed by atoms with E-state index in [1.165, 1.54) is 6.20 Å². The fourth-order valence-electron chi connectivity index (χ4n) is 3.81. The number of hydrogen-bond acceptors (Lipinski definition) is 7. The molecule has 17 heteroatoms. The molecule has 0 radical (unpaired) electrons. The number of carbonyl (C=O) groups excluding carboxylic acids is 1. The number of benzene rings is 1. The molecule has 0 fully saturated rings. The number of alkyl halides is 6. The quantitative estimate of drug-likeness (QED) is 0.0798. The normalized spacial score (nSPS) is 13.0. The highest BCUT2D eigenvalue weighted by Gasteiger charge is 2.39. The molecule has 44 heavy (non-hydrogen) atoms. The number of hydrogen-bond donors (Lipinski definition) is 0. The molecule has 0 saturated carbocycles. The summed E-state index contributed by atoms with van der Waals surface area (Å²) >= 11 is 12.7. The average Bonchev–Trinajstić information content (AvgIpc) is 3.49. The predicted octanol–water partition coefficient (Wildman–Crippen LogP) is 8.47. The molecule has 0 spiro atoms. The average molecular weight is 681 g/mol. The van der Waals surface area contributed by atoms with E-state index in [1.54, 1.807) is 12.1 Å². The molecule has 3 heterocycles. The second kappa shape index (κ2) is 11.9. The largest absolute Gasteiger partial charge is 0.416 e. The zero-order chi connectivity index (χ0) is 32.8. The highest BCUT2D eigenvalue weighted by atomic mass is 35.5.